The molecule has 3 aromatic rings. The number of anilines is 1. The number of carbonyl (C=O) groups is 1. The van der Waals surface area contributed by atoms with Crippen LogP contribution in [0.1, 0.15) is 12.8 Å². The van der Waals surface area contributed by atoms with Crippen LogP contribution in [-0.4, -0.2) is 41.7 Å². The molecular formula is C17H18N4O4S2. The number of imidazole rings is 1. The number of hydrogen-bond acceptors (Lipinski definition) is 5. The third kappa shape index (κ3) is 3.55. The molecule has 27 heavy (non-hydrogen) atoms. The summed E-state index contributed by atoms with van der Waals surface area (Å²) in [6, 6.07) is 8.36. The zero-order chi connectivity index (χ0) is 19.0. The van der Waals surface area contributed by atoms with Gasteiger partial charge in [-0.3, -0.25) is 4.79 Å². The standard InChI is InChI=1S/C17H18N4O4S2/c22-16(18-12-5-6-13-14(9-12)20-17(23)19-13)11-3-1-7-21(10-11)27(24,25)15-4-2-8-26-15/h2,4-6,8-9,11H,1,3,7,10H2,(H,18,22)(H2,19,20,23)/t11-/m0/s1. The first-order chi connectivity index (χ1) is 12.9. The van der Waals surface area contributed by atoms with Crippen molar-refractivity contribution in [3.63, 3.8) is 0 Å². The summed E-state index contributed by atoms with van der Waals surface area (Å²) in [5, 5.41) is 4.55. The molecule has 0 aliphatic carbocycles. The zero-order valence-corrected chi connectivity index (χ0v) is 15.9. The van der Waals surface area contributed by atoms with Gasteiger partial charge in [-0.1, -0.05) is 6.07 Å². The molecule has 0 unspecified atom stereocenters. The van der Waals surface area contributed by atoms with Crippen molar-refractivity contribution in [1.82, 2.24) is 14.3 Å². The van der Waals surface area contributed by atoms with Crippen LogP contribution in [0.3, 0.4) is 0 Å². The Morgan fingerprint density at radius 2 is 2.04 bits per heavy atom. The normalized spacial score (nSPS) is 18.6. The van der Waals surface area contributed by atoms with Gasteiger partial charge < -0.3 is 15.3 Å². The molecule has 1 fully saturated rings. The van der Waals surface area contributed by atoms with Crippen molar-refractivity contribution in [1.29, 1.82) is 0 Å². The number of benzene rings is 1. The van der Waals surface area contributed by atoms with E-state index in [0.29, 0.717) is 40.3 Å². The quantitative estimate of drug-likeness (QED) is 0.614. The van der Waals surface area contributed by atoms with E-state index < -0.39 is 15.9 Å². The van der Waals surface area contributed by atoms with E-state index in [1.165, 1.54) is 15.6 Å². The summed E-state index contributed by atoms with van der Waals surface area (Å²) in [5.74, 6) is -0.646. The van der Waals surface area contributed by atoms with Gasteiger partial charge in [0, 0.05) is 18.8 Å². The maximum Gasteiger partial charge on any atom is 0.323 e. The van der Waals surface area contributed by atoms with E-state index in [2.05, 4.69) is 15.3 Å². The van der Waals surface area contributed by atoms with E-state index in [1.54, 1.807) is 35.7 Å². The zero-order valence-electron chi connectivity index (χ0n) is 14.3. The van der Waals surface area contributed by atoms with Crippen LogP contribution in [0, 0.1) is 5.92 Å². The highest BCUT2D eigenvalue weighted by molar-refractivity contribution is 7.91. The molecule has 3 N–H and O–H groups in total. The van der Waals surface area contributed by atoms with Crippen LogP contribution in [0.25, 0.3) is 11.0 Å². The molecule has 2 aromatic heterocycles. The summed E-state index contributed by atoms with van der Waals surface area (Å²) < 4.78 is 27.1. The van der Waals surface area contributed by atoms with Gasteiger partial charge in [-0.05, 0) is 42.5 Å². The third-order valence-electron chi connectivity index (χ3n) is 4.63. The van der Waals surface area contributed by atoms with E-state index in [0.717, 1.165) is 0 Å². The van der Waals surface area contributed by atoms with Gasteiger partial charge in [0.25, 0.3) is 10.0 Å². The number of carbonyl (C=O) groups excluding carboxylic acids is 1. The van der Waals surface area contributed by atoms with Gasteiger partial charge in [-0.2, -0.15) is 4.31 Å². The Bertz CT molecular complexity index is 1130. The first-order valence-corrected chi connectivity index (χ1v) is 10.8. The second-order valence-corrected chi connectivity index (χ2v) is 9.58. The molecule has 0 spiro atoms. The largest absolute Gasteiger partial charge is 0.326 e. The molecular weight excluding hydrogens is 388 g/mol. The van der Waals surface area contributed by atoms with Gasteiger partial charge in [-0.15, -0.1) is 11.3 Å². The molecule has 0 saturated carbocycles. The number of thiophene rings is 1. The van der Waals surface area contributed by atoms with Gasteiger partial charge in [0.05, 0.1) is 17.0 Å². The molecule has 1 aliphatic rings. The van der Waals surface area contributed by atoms with Crippen LogP contribution in [0.4, 0.5) is 5.69 Å². The number of amides is 1. The van der Waals surface area contributed by atoms with E-state index in [1.807, 2.05) is 0 Å². The highest BCUT2D eigenvalue weighted by Crippen LogP contribution is 2.27. The summed E-state index contributed by atoms with van der Waals surface area (Å²) in [7, 11) is -3.56. The summed E-state index contributed by atoms with van der Waals surface area (Å²) in [5.41, 5.74) is 1.50. The number of aromatic amines is 2. The fourth-order valence-electron chi connectivity index (χ4n) is 3.27. The molecule has 8 nitrogen and oxygen atoms in total. The van der Waals surface area contributed by atoms with Crippen LogP contribution in [0.2, 0.25) is 0 Å². The molecule has 1 amide bonds. The molecule has 10 heteroatoms. The van der Waals surface area contributed by atoms with Gasteiger partial charge in [0.1, 0.15) is 4.21 Å². The third-order valence-corrected chi connectivity index (χ3v) is 7.87. The lowest BCUT2D eigenvalue weighted by Gasteiger charge is -2.30. The fourth-order valence-corrected chi connectivity index (χ4v) is 5.94. The fraction of sp³-hybridized carbons (Fsp3) is 0.294. The topological polar surface area (TPSA) is 115 Å². The van der Waals surface area contributed by atoms with E-state index in [-0.39, 0.29) is 18.1 Å². The minimum atomic E-state index is -3.56. The number of nitrogens with zero attached hydrogens (tertiary/aromatic N) is 1. The predicted octanol–water partition coefficient (Wildman–Crippen LogP) is 1.96. The molecule has 1 saturated heterocycles. The highest BCUT2D eigenvalue weighted by atomic mass is 32.2. The number of H-pyrrole nitrogens is 2. The monoisotopic (exact) mass is 406 g/mol. The van der Waals surface area contributed by atoms with Crippen molar-refractivity contribution in [2.24, 2.45) is 5.92 Å². The van der Waals surface area contributed by atoms with Crippen molar-refractivity contribution < 1.29 is 13.2 Å². The van der Waals surface area contributed by atoms with E-state index in [4.69, 9.17) is 0 Å². The Morgan fingerprint density at radius 3 is 2.81 bits per heavy atom. The van der Waals surface area contributed by atoms with Gasteiger partial charge in [-0.25, -0.2) is 13.2 Å². The Labute approximate surface area is 159 Å². The van der Waals surface area contributed by atoms with Crippen molar-refractivity contribution in [3.05, 3.63) is 46.2 Å². The molecule has 0 radical (unpaired) electrons. The van der Waals surface area contributed by atoms with Crippen molar-refractivity contribution >= 4 is 44.0 Å². The van der Waals surface area contributed by atoms with Crippen LogP contribution in [0.15, 0.2) is 44.7 Å². The number of piperidine rings is 1. The lowest BCUT2D eigenvalue weighted by atomic mass is 9.98. The van der Waals surface area contributed by atoms with E-state index >= 15 is 0 Å². The summed E-state index contributed by atoms with van der Waals surface area (Å²) >= 11 is 1.18. The average molecular weight is 406 g/mol. The Morgan fingerprint density at radius 1 is 1.22 bits per heavy atom. The molecule has 3 heterocycles. The molecule has 4 rings (SSSR count). The first kappa shape index (κ1) is 18.0. The van der Waals surface area contributed by atoms with Crippen LogP contribution >= 0.6 is 11.3 Å². The summed E-state index contributed by atoms with van der Waals surface area (Å²) in [4.78, 5) is 29.3. The lowest BCUT2D eigenvalue weighted by molar-refractivity contribution is -0.120. The Kier molecular flexibility index (Phi) is 4.62. The Hall–Kier alpha value is -2.43. The Balaban J connectivity index is 1.48. The molecule has 142 valence electrons. The van der Waals surface area contributed by atoms with Gasteiger partial charge in [0.2, 0.25) is 5.91 Å². The molecule has 1 atom stereocenters. The number of nitrogens with one attached hydrogen (secondary N) is 3. The van der Waals surface area contributed by atoms with Gasteiger partial charge in [0.15, 0.2) is 0 Å². The second-order valence-electron chi connectivity index (χ2n) is 6.46. The predicted molar refractivity (Wildman–Crippen MR) is 103 cm³/mol. The smallest absolute Gasteiger partial charge is 0.323 e. The highest BCUT2D eigenvalue weighted by Gasteiger charge is 2.33. The van der Waals surface area contributed by atoms with E-state index in [9.17, 15) is 18.0 Å². The average Bonchev–Trinajstić information content (AvgIpc) is 3.30. The minimum absolute atomic E-state index is 0.162. The molecule has 0 bridgehead atoms. The lowest BCUT2D eigenvalue weighted by Crippen LogP contribution is -2.43. The maximum absolute atomic E-state index is 12.7. The number of sulfonamides is 1. The van der Waals surface area contributed by atoms with Crippen LogP contribution < -0.4 is 11.0 Å². The first-order valence-electron chi connectivity index (χ1n) is 8.50. The van der Waals surface area contributed by atoms with Crippen LogP contribution in [0.5, 0.6) is 0 Å². The van der Waals surface area contributed by atoms with Crippen molar-refractivity contribution in [2.45, 2.75) is 17.1 Å². The maximum atomic E-state index is 12.7. The second kappa shape index (κ2) is 6.95. The number of fused-ring (bicyclic) bond motifs is 1. The number of rotatable bonds is 4. The number of hydrogen-bond donors (Lipinski definition) is 3. The SMILES string of the molecule is O=C(Nc1ccc2[nH]c(=O)[nH]c2c1)[C@H]1CCCN(S(=O)(=O)c2cccs2)C1. The molecule has 1 aromatic carbocycles. The van der Waals surface area contributed by atoms with Crippen LogP contribution in [-0.2, 0) is 14.8 Å². The summed E-state index contributed by atoms with van der Waals surface area (Å²) in [6.07, 6.45) is 1.26. The van der Waals surface area contributed by atoms with Crippen molar-refractivity contribution in [3.8, 4) is 0 Å². The van der Waals surface area contributed by atoms with Crippen molar-refractivity contribution in [2.75, 3.05) is 18.4 Å². The summed E-state index contributed by atoms with van der Waals surface area (Å²) in [6.45, 7) is 0.579. The number of aromatic nitrogens is 2. The minimum Gasteiger partial charge on any atom is -0.326 e. The van der Waals surface area contributed by atoms with Gasteiger partial charge >= 0.3 is 5.69 Å². The molecule has 1 aliphatic heterocycles.